The molecule has 1 aromatic rings. The van der Waals surface area contributed by atoms with E-state index in [0.717, 1.165) is 5.56 Å². The maximum absolute atomic E-state index is 12.1. The molecule has 0 aromatic heterocycles. The summed E-state index contributed by atoms with van der Waals surface area (Å²) in [5, 5.41) is 3.09. The van der Waals surface area contributed by atoms with E-state index < -0.39 is 23.8 Å². The summed E-state index contributed by atoms with van der Waals surface area (Å²) < 4.78 is 9.48. The number of carbonyl (C=O) groups excluding carboxylic acids is 3. The first kappa shape index (κ1) is 18.0. The van der Waals surface area contributed by atoms with Crippen LogP contribution in [0.15, 0.2) is 24.3 Å². The van der Waals surface area contributed by atoms with Crippen LogP contribution in [0.2, 0.25) is 5.02 Å². The van der Waals surface area contributed by atoms with Gasteiger partial charge >= 0.3 is 11.9 Å². The molecule has 0 aliphatic rings. The zero-order valence-corrected chi connectivity index (χ0v) is 13.2. The summed E-state index contributed by atoms with van der Waals surface area (Å²) in [5.41, 5.74) is 0.782. The Morgan fingerprint density at radius 2 is 1.55 bits per heavy atom. The average Bonchev–Trinajstić information content (AvgIpc) is 2.47. The highest BCUT2D eigenvalue weighted by Gasteiger charge is 2.36. The molecule has 0 fully saturated rings. The third-order valence-corrected chi connectivity index (χ3v) is 2.94. The average molecular weight is 328 g/mol. The Bertz CT molecular complexity index is 511. The highest BCUT2D eigenvalue weighted by atomic mass is 35.5. The summed E-state index contributed by atoms with van der Waals surface area (Å²) in [6.07, 6.45) is 0. The molecule has 6 nitrogen and oxygen atoms in total. The highest BCUT2D eigenvalue weighted by molar-refractivity contribution is 6.30. The maximum atomic E-state index is 12.1. The Hall–Kier alpha value is -2.08. The molecule has 0 saturated carbocycles. The van der Waals surface area contributed by atoms with Crippen LogP contribution >= 0.6 is 11.6 Å². The van der Waals surface area contributed by atoms with Gasteiger partial charge in [0.2, 0.25) is 11.8 Å². The fourth-order valence-electron chi connectivity index (χ4n) is 1.65. The van der Waals surface area contributed by atoms with Crippen molar-refractivity contribution in [2.75, 3.05) is 13.2 Å². The lowest BCUT2D eigenvalue weighted by Gasteiger charge is -2.14. The first-order valence-electron chi connectivity index (χ1n) is 6.85. The van der Waals surface area contributed by atoms with Gasteiger partial charge in [-0.05, 0) is 31.5 Å². The minimum absolute atomic E-state index is 0.0687. The molecule has 1 N–H and O–H groups in total. The van der Waals surface area contributed by atoms with Crippen molar-refractivity contribution in [1.82, 2.24) is 5.32 Å². The second kappa shape index (κ2) is 9.04. The quantitative estimate of drug-likeness (QED) is 0.609. The topological polar surface area (TPSA) is 81.7 Å². The number of hydrogen-bond acceptors (Lipinski definition) is 5. The number of carbonyl (C=O) groups is 3. The van der Waals surface area contributed by atoms with Gasteiger partial charge in [-0.25, -0.2) is 0 Å². The molecular weight excluding hydrogens is 310 g/mol. The largest absolute Gasteiger partial charge is 0.465 e. The maximum Gasteiger partial charge on any atom is 0.330 e. The van der Waals surface area contributed by atoms with Crippen LogP contribution in [-0.2, 0) is 30.4 Å². The van der Waals surface area contributed by atoms with E-state index in [1.165, 1.54) is 0 Å². The summed E-state index contributed by atoms with van der Waals surface area (Å²) >= 11 is 5.77. The number of nitrogens with one attached hydrogen (secondary N) is 1. The third kappa shape index (κ3) is 5.37. The molecule has 22 heavy (non-hydrogen) atoms. The van der Waals surface area contributed by atoms with E-state index in [1.54, 1.807) is 38.1 Å². The van der Waals surface area contributed by atoms with Crippen LogP contribution in [0.3, 0.4) is 0 Å². The van der Waals surface area contributed by atoms with Crippen LogP contribution in [0, 0.1) is 5.92 Å². The Morgan fingerprint density at radius 1 is 1.05 bits per heavy atom. The number of rotatable bonds is 7. The number of ether oxygens (including phenoxy) is 2. The van der Waals surface area contributed by atoms with Crippen LogP contribution in [-0.4, -0.2) is 31.1 Å². The van der Waals surface area contributed by atoms with Gasteiger partial charge in [0.25, 0.3) is 0 Å². The number of benzene rings is 1. The van der Waals surface area contributed by atoms with E-state index in [-0.39, 0.29) is 19.8 Å². The van der Waals surface area contributed by atoms with Crippen molar-refractivity contribution in [3.8, 4) is 0 Å². The van der Waals surface area contributed by atoms with Crippen LogP contribution in [0.4, 0.5) is 0 Å². The van der Waals surface area contributed by atoms with Crippen LogP contribution in [0.1, 0.15) is 19.4 Å². The lowest BCUT2D eigenvalue weighted by Crippen LogP contribution is -2.41. The van der Waals surface area contributed by atoms with E-state index in [4.69, 9.17) is 21.1 Å². The standard InChI is InChI=1S/C15H18ClNO5/c1-3-21-14(19)12(15(20)22-4-2)13(18)17-9-10-5-7-11(16)8-6-10/h5-8,12H,3-4,9H2,1-2H3,(H,17,18). The molecule has 0 spiro atoms. The van der Waals surface area contributed by atoms with Crippen molar-refractivity contribution >= 4 is 29.4 Å². The van der Waals surface area contributed by atoms with Crippen molar-refractivity contribution in [2.45, 2.75) is 20.4 Å². The first-order valence-corrected chi connectivity index (χ1v) is 7.22. The number of halogens is 1. The molecule has 0 radical (unpaired) electrons. The van der Waals surface area contributed by atoms with Gasteiger partial charge in [0, 0.05) is 11.6 Å². The number of hydrogen-bond donors (Lipinski definition) is 1. The van der Waals surface area contributed by atoms with E-state index in [0.29, 0.717) is 5.02 Å². The second-order valence-electron chi connectivity index (χ2n) is 4.28. The van der Waals surface area contributed by atoms with Gasteiger partial charge in [-0.15, -0.1) is 0 Å². The lowest BCUT2D eigenvalue weighted by atomic mass is 10.1. The molecule has 0 bridgehead atoms. The van der Waals surface area contributed by atoms with Gasteiger partial charge in [-0.1, -0.05) is 23.7 Å². The van der Waals surface area contributed by atoms with Crippen molar-refractivity contribution in [3.63, 3.8) is 0 Å². The molecular formula is C15H18ClNO5. The van der Waals surface area contributed by atoms with Crippen molar-refractivity contribution < 1.29 is 23.9 Å². The summed E-state index contributed by atoms with van der Waals surface area (Å²) in [5.74, 6) is -4.22. The molecule has 7 heteroatoms. The number of esters is 2. The fourth-order valence-corrected chi connectivity index (χ4v) is 1.78. The van der Waals surface area contributed by atoms with Crippen molar-refractivity contribution in [1.29, 1.82) is 0 Å². The molecule has 0 unspecified atom stereocenters. The van der Waals surface area contributed by atoms with E-state index in [9.17, 15) is 14.4 Å². The normalized spacial score (nSPS) is 10.2. The summed E-state index contributed by atoms with van der Waals surface area (Å²) in [4.78, 5) is 35.6. The summed E-state index contributed by atoms with van der Waals surface area (Å²) in [6, 6.07) is 6.81. The van der Waals surface area contributed by atoms with Crippen LogP contribution in [0.25, 0.3) is 0 Å². The molecule has 0 heterocycles. The zero-order valence-electron chi connectivity index (χ0n) is 12.4. The lowest BCUT2D eigenvalue weighted by molar-refractivity contribution is -0.164. The SMILES string of the molecule is CCOC(=O)C(C(=O)NCc1ccc(Cl)cc1)C(=O)OCC. The molecule has 0 aliphatic carbocycles. The summed E-state index contributed by atoms with van der Waals surface area (Å²) in [7, 11) is 0. The first-order chi connectivity index (χ1) is 10.5. The van der Waals surface area contributed by atoms with Gasteiger partial charge in [-0.3, -0.25) is 14.4 Å². The van der Waals surface area contributed by atoms with E-state index >= 15 is 0 Å². The highest BCUT2D eigenvalue weighted by Crippen LogP contribution is 2.10. The zero-order chi connectivity index (χ0) is 16.5. The van der Waals surface area contributed by atoms with Gasteiger partial charge in [0.05, 0.1) is 13.2 Å². The molecule has 0 saturated heterocycles. The Balaban J connectivity index is 2.72. The van der Waals surface area contributed by atoms with E-state index in [2.05, 4.69) is 5.32 Å². The van der Waals surface area contributed by atoms with E-state index in [1.807, 2.05) is 0 Å². The minimum Gasteiger partial charge on any atom is -0.465 e. The van der Waals surface area contributed by atoms with Gasteiger partial charge < -0.3 is 14.8 Å². The minimum atomic E-state index is -1.62. The van der Waals surface area contributed by atoms with Gasteiger partial charge in [0.1, 0.15) is 0 Å². The molecule has 1 rings (SSSR count). The smallest absolute Gasteiger partial charge is 0.330 e. The summed E-state index contributed by atoms with van der Waals surface area (Å²) in [6.45, 7) is 3.47. The predicted molar refractivity (Wildman–Crippen MR) is 80.1 cm³/mol. The van der Waals surface area contributed by atoms with Crippen molar-refractivity contribution in [3.05, 3.63) is 34.9 Å². The molecule has 1 amide bonds. The van der Waals surface area contributed by atoms with Gasteiger partial charge in [-0.2, -0.15) is 0 Å². The predicted octanol–water partition coefficient (Wildman–Crippen LogP) is 1.70. The van der Waals surface area contributed by atoms with Crippen molar-refractivity contribution in [2.24, 2.45) is 5.92 Å². The fraction of sp³-hybridized carbons (Fsp3) is 0.400. The second-order valence-corrected chi connectivity index (χ2v) is 4.72. The molecule has 1 aromatic carbocycles. The number of amides is 1. The van der Waals surface area contributed by atoms with Crippen LogP contribution in [0.5, 0.6) is 0 Å². The monoisotopic (exact) mass is 327 g/mol. The molecule has 0 atom stereocenters. The Kier molecular flexibility index (Phi) is 7.39. The molecule has 0 aliphatic heterocycles. The van der Waals surface area contributed by atoms with Gasteiger partial charge in [0.15, 0.2) is 0 Å². The third-order valence-electron chi connectivity index (χ3n) is 2.69. The van der Waals surface area contributed by atoms with Crippen LogP contribution < -0.4 is 5.32 Å². The Morgan fingerprint density at radius 3 is 2.00 bits per heavy atom. The Labute approximate surface area is 133 Å². The molecule has 120 valence electrons.